The lowest BCUT2D eigenvalue weighted by molar-refractivity contribution is 0.194. The molecule has 0 aliphatic carbocycles. The Morgan fingerprint density at radius 1 is 1.20 bits per heavy atom. The van der Waals surface area contributed by atoms with Crippen molar-refractivity contribution in [2.24, 2.45) is 0 Å². The maximum Gasteiger partial charge on any atom is 0.132 e. The Morgan fingerprint density at radius 3 is 2.55 bits per heavy atom. The van der Waals surface area contributed by atoms with Crippen molar-refractivity contribution in [3.63, 3.8) is 0 Å². The molecule has 1 unspecified atom stereocenters. The average Bonchev–Trinajstić information content (AvgIpc) is 2.37. The lowest BCUT2D eigenvalue weighted by atomic mass is 10.1. The summed E-state index contributed by atoms with van der Waals surface area (Å²) in [6.07, 6.45) is -0.852. The highest BCUT2D eigenvalue weighted by Crippen LogP contribution is 2.25. The first-order chi connectivity index (χ1) is 9.47. The molecule has 2 rings (SSSR count). The van der Waals surface area contributed by atoms with Gasteiger partial charge in [0.25, 0.3) is 0 Å². The van der Waals surface area contributed by atoms with Crippen LogP contribution in [0.15, 0.2) is 36.4 Å². The molecule has 0 aliphatic rings. The van der Waals surface area contributed by atoms with Gasteiger partial charge < -0.3 is 9.84 Å². The molecule has 5 heteroatoms. The van der Waals surface area contributed by atoms with Crippen molar-refractivity contribution in [1.29, 1.82) is 0 Å². The monoisotopic (exact) mass is 314 g/mol. The van der Waals surface area contributed by atoms with Gasteiger partial charge in [0.2, 0.25) is 0 Å². The topological polar surface area (TPSA) is 29.5 Å². The minimum absolute atomic E-state index is 0.212. The third-order valence-electron chi connectivity index (χ3n) is 2.83. The van der Waals surface area contributed by atoms with Gasteiger partial charge in [0, 0.05) is 27.2 Å². The summed E-state index contributed by atoms with van der Waals surface area (Å²) in [6, 6.07) is 9.44. The van der Waals surface area contributed by atoms with Crippen LogP contribution in [0.1, 0.15) is 24.2 Å². The number of hydrogen-bond donors (Lipinski definition) is 1. The second kappa shape index (κ2) is 6.44. The first-order valence-corrected chi connectivity index (χ1v) is 6.77. The summed E-state index contributed by atoms with van der Waals surface area (Å²) in [5.41, 5.74) is 0.998. The Hall–Kier alpha value is -1.29. The summed E-state index contributed by atoms with van der Waals surface area (Å²) in [5, 5.41) is 10.4. The third kappa shape index (κ3) is 3.63. The van der Waals surface area contributed by atoms with Gasteiger partial charge in [-0.25, -0.2) is 4.39 Å². The number of rotatable bonds is 4. The zero-order valence-electron chi connectivity index (χ0n) is 10.7. The lowest BCUT2D eigenvalue weighted by Crippen LogP contribution is -1.99. The van der Waals surface area contributed by atoms with Crippen LogP contribution in [-0.4, -0.2) is 5.11 Å². The largest absolute Gasteiger partial charge is 0.489 e. The second-order valence-electron chi connectivity index (χ2n) is 4.38. The molecule has 2 nitrogen and oxygen atoms in total. The fourth-order valence-electron chi connectivity index (χ4n) is 1.74. The normalized spacial score (nSPS) is 12.2. The van der Waals surface area contributed by atoms with Crippen LogP contribution in [0.3, 0.4) is 0 Å². The first-order valence-electron chi connectivity index (χ1n) is 6.01. The first kappa shape index (κ1) is 15.1. The molecule has 0 saturated carbocycles. The third-order valence-corrected chi connectivity index (χ3v) is 3.42. The van der Waals surface area contributed by atoms with Crippen molar-refractivity contribution in [2.75, 3.05) is 0 Å². The highest BCUT2D eigenvalue weighted by atomic mass is 35.5. The van der Waals surface area contributed by atoms with Gasteiger partial charge in [0.15, 0.2) is 0 Å². The van der Waals surface area contributed by atoms with Gasteiger partial charge >= 0.3 is 0 Å². The predicted octanol–water partition coefficient (Wildman–Crippen LogP) is 4.76. The fraction of sp³-hybridized carbons (Fsp3) is 0.200. The summed E-state index contributed by atoms with van der Waals surface area (Å²) in [4.78, 5) is 0. The van der Waals surface area contributed by atoms with Crippen molar-refractivity contribution >= 4 is 23.2 Å². The van der Waals surface area contributed by atoms with E-state index in [1.165, 1.54) is 19.1 Å². The Kier molecular flexibility index (Phi) is 4.86. The molecule has 0 bridgehead atoms. The highest BCUT2D eigenvalue weighted by Gasteiger charge is 2.09. The summed E-state index contributed by atoms with van der Waals surface area (Å²) in [6.45, 7) is 1.72. The van der Waals surface area contributed by atoms with Gasteiger partial charge in [-0.2, -0.15) is 0 Å². The molecule has 2 aromatic carbocycles. The van der Waals surface area contributed by atoms with Gasteiger partial charge in [-0.1, -0.05) is 29.3 Å². The summed E-state index contributed by atoms with van der Waals surface area (Å²) in [7, 11) is 0. The Labute approximate surface area is 126 Å². The number of aliphatic hydroxyl groups is 1. The van der Waals surface area contributed by atoms with Gasteiger partial charge in [-0.15, -0.1) is 0 Å². The Balaban J connectivity index is 2.09. The summed E-state index contributed by atoms with van der Waals surface area (Å²) >= 11 is 11.8. The minimum atomic E-state index is -0.852. The highest BCUT2D eigenvalue weighted by molar-refractivity contribution is 6.35. The van der Waals surface area contributed by atoms with E-state index in [2.05, 4.69) is 0 Å². The van der Waals surface area contributed by atoms with E-state index in [4.69, 9.17) is 27.9 Å². The molecule has 20 heavy (non-hydrogen) atoms. The molecule has 0 heterocycles. The quantitative estimate of drug-likeness (QED) is 0.881. The van der Waals surface area contributed by atoms with Crippen LogP contribution >= 0.6 is 23.2 Å². The van der Waals surface area contributed by atoms with Gasteiger partial charge in [-0.3, -0.25) is 0 Å². The van der Waals surface area contributed by atoms with E-state index in [1.54, 1.807) is 24.3 Å². The second-order valence-corrected chi connectivity index (χ2v) is 5.23. The van der Waals surface area contributed by atoms with Crippen LogP contribution in [0.4, 0.5) is 4.39 Å². The van der Waals surface area contributed by atoms with E-state index in [-0.39, 0.29) is 12.2 Å². The average molecular weight is 315 g/mol. The van der Waals surface area contributed by atoms with E-state index < -0.39 is 11.9 Å². The lowest BCUT2D eigenvalue weighted by Gasteiger charge is -2.11. The van der Waals surface area contributed by atoms with Crippen molar-refractivity contribution in [1.82, 2.24) is 0 Å². The van der Waals surface area contributed by atoms with E-state index in [0.717, 1.165) is 5.56 Å². The van der Waals surface area contributed by atoms with Crippen LogP contribution in [0, 0.1) is 5.82 Å². The molecule has 0 aromatic heterocycles. The molecule has 0 spiro atoms. The minimum Gasteiger partial charge on any atom is -0.489 e. The zero-order valence-corrected chi connectivity index (χ0v) is 12.2. The van der Waals surface area contributed by atoms with E-state index >= 15 is 0 Å². The molecule has 0 amide bonds. The molecular weight excluding hydrogens is 302 g/mol. The summed E-state index contributed by atoms with van der Waals surface area (Å²) in [5.74, 6) is -0.127. The van der Waals surface area contributed by atoms with Crippen molar-refractivity contribution < 1.29 is 14.2 Å². The molecule has 0 radical (unpaired) electrons. The Morgan fingerprint density at radius 2 is 1.95 bits per heavy atom. The van der Waals surface area contributed by atoms with E-state index in [9.17, 15) is 9.50 Å². The zero-order chi connectivity index (χ0) is 14.7. The SMILES string of the molecule is CC(O)c1ccc(OCc2ccc(Cl)cc2Cl)cc1F. The molecule has 0 aliphatic heterocycles. The molecular formula is C15H13Cl2FO2. The van der Waals surface area contributed by atoms with Crippen molar-refractivity contribution in [3.05, 3.63) is 63.4 Å². The number of ether oxygens (including phenoxy) is 1. The molecule has 0 fully saturated rings. The molecule has 2 aromatic rings. The van der Waals surface area contributed by atoms with Gasteiger partial charge in [0.05, 0.1) is 6.10 Å². The standard InChI is InChI=1S/C15H13Cl2FO2/c1-9(19)13-5-4-12(7-15(13)18)20-8-10-2-3-11(16)6-14(10)17/h2-7,9,19H,8H2,1H3. The number of hydrogen-bond acceptors (Lipinski definition) is 2. The number of halogens is 3. The van der Waals surface area contributed by atoms with Gasteiger partial charge in [0.1, 0.15) is 18.2 Å². The Bertz CT molecular complexity index is 615. The maximum atomic E-state index is 13.7. The van der Waals surface area contributed by atoms with Crippen molar-refractivity contribution in [3.8, 4) is 5.75 Å². The van der Waals surface area contributed by atoms with Crippen molar-refractivity contribution in [2.45, 2.75) is 19.6 Å². The molecule has 1 N–H and O–H groups in total. The maximum absolute atomic E-state index is 13.7. The molecule has 1 atom stereocenters. The predicted molar refractivity (Wildman–Crippen MR) is 77.8 cm³/mol. The van der Waals surface area contributed by atoms with Gasteiger partial charge in [-0.05, 0) is 31.2 Å². The summed E-state index contributed by atoms with van der Waals surface area (Å²) < 4.78 is 19.2. The smallest absolute Gasteiger partial charge is 0.132 e. The van der Waals surface area contributed by atoms with Crippen LogP contribution < -0.4 is 4.74 Å². The molecule has 106 valence electrons. The molecule has 0 saturated heterocycles. The number of benzene rings is 2. The van der Waals surface area contributed by atoms with E-state index in [1.807, 2.05) is 0 Å². The van der Waals surface area contributed by atoms with Crippen LogP contribution in [0.25, 0.3) is 0 Å². The van der Waals surface area contributed by atoms with Crippen LogP contribution in [-0.2, 0) is 6.61 Å². The number of aliphatic hydroxyl groups excluding tert-OH is 1. The van der Waals surface area contributed by atoms with Crippen LogP contribution in [0.2, 0.25) is 10.0 Å². The van der Waals surface area contributed by atoms with E-state index in [0.29, 0.717) is 15.8 Å². The fourth-order valence-corrected chi connectivity index (χ4v) is 2.20. The van der Waals surface area contributed by atoms with Crippen LogP contribution in [0.5, 0.6) is 5.75 Å².